The molecule has 0 amide bonds. The van der Waals surface area contributed by atoms with Crippen LogP contribution < -0.4 is 0 Å². The summed E-state index contributed by atoms with van der Waals surface area (Å²) in [5.74, 6) is 0.582. The maximum Gasteiger partial charge on any atom is 0.490 e. The van der Waals surface area contributed by atoms with Crippen molar-refractivity contribution in [1.82, 2.24) is 0 Å². The molecule has 0 spiro atoms. The highest BCUT2D eigenvalue weighted by Gasteiger charge is 2.53. The summed E-state index contributed by atoms with van der Waals surface area (Å²) in [5, 5.41) is 0. The van der Waals surface area contributed by atoms with Gasteiger partial charge in [0.15, 0.2) is 0 Å². The molecule has 1 aromatic carbocycles. The fraction of sp³-hybridized carbons (Fsp3) is 0.600. The van der Waals surface area contributed by atoms with E-state index in [-0.39, 0.29) is 18.3 Å². The molecule has 3 rings (SSSR count). The number of allylic oxidation sites excluding steroid dienone is 1. The smallest absolute Gasteiger partial charge is 0.400 e. The molecular formula is C20H29BO2. The third-order valence-corrected chi connectivity index (χ3v) is 5.73. The third kappa shape index (κ3) is 3.56. The molecule has 1 saturated carbocycles. The molecule has 1 aromatic rings. The van der Waals surface area contributed by atoms with Crippen molar-refractivity contribution in [1.29, 1.82) is 0 Å². The van der Waals surface area contributed by atoms with Crippen molar-refractivity contribution in [3.05, 3.63) is 41.4 Å². The summed E-state index contributed by atoms with van der Waals surface area (Å²) in [6, 6.07) is 10.6. The van der Waals surface area contributed by atoms with E-state index in [1.807, 2.05) is 0 Å². The summed E-state index contributed by atoms with van der Waals surface area (Å²) in [5.41, 5.74) is 2.02. The minimum atomic E-state index is -0.276. The summed E-state index contributed by atoms with van der Waals surface area (Å²) in [6.07, 6.45) is 8.80. The lowest BCUT2D eigenvalue weighted by Gasteiger charge is -2.32. The van der Waals surface area contributed by atoms with E-state index in [1.54, 1.807) is 0 Å². The zero-order valence-electron chi connectivity index (χ0n) is 15.0. The highest BCUT2D eigenvalue weighted by atomic mass is 16.7. The summed E-state index contributed by atoms with van der Waals surface area (Å²) in [6.45, 7) is 8.53. The Balaban J connectivity index is 1.91. The lowest BCUT2D eigenvalue weighted by Crippen LogP contribution is -2.41. The summed E-state index contributed by atoms with van der Waals surface area (Å²) in [7, 11) is -0.219. The van der Waals surface area contributed by atoms with Crippen molar-refractivity contribution >= 4 is 13.2 Å². The highest BCUT2D eigenvalue weighted by molar-refractivity contribution is 6.55. The lowest BCUT2D eigenvalue weighted by molar-refractivity contribution is 0.00578. The van der Waals surface area contributed by atoms with E-state index < -0.39 is 0 Å². The maximum absolute atomic E-state index is 6.36. The molecule has 0 radical (unpaired) electrons. The third-order valence-electron chi connectivity index (χ3n) is 5.73. The minimum absolute atomic E-state index is 0.219. The Morgan fingerprint density at radius 3 is 2.09 bits per heavy atom. The van der Waals surface area contributed by atoms with Crippen molar-refractivity contribution in [2.24, 2.45) is 5.92 Å². The van der Waals surface area contributed by atoms with Gasteiger partial charge in [0.1, 0.15) is 0 Å². The van der Waals surface area contributed by atoms with E-state index in [2.05, 4.69) is 64.1 Å². The first-order valence-electron chi connectivity index (χ1n) is 9.01. The van der Waals surface area contributed by atoms with Crippen molar-refractivity contribution in [2.75, 3.05) is 0 Å². The Labute approximate surface area is 141 Å². The van der Waals surface area contributed by atoms with Crippen LogP contribution in [0.2, 0.25) is 0 Å². The topological polar surface area (TPSA) is 18.5 Å². The van der Waals surface area contributed by atoms with Crippen LogP contribution in [0.3, 0.4) is 0 Å². The van der Waals surface area contributed by atoms with Crippen LogP contribution in [0.1, 0.15) is 65.4 Å². The van der Waals surface area contributed by atoms with E-state index in [1.165, 1.54) is 43.1 Å². The van der Waals surface area contributed by atoms with Crippen LogP contribution in [0.15, 0.2) is 35.8 Å². The first-order valence-corrected chi connectivity index (χ1v) is 9.01. The summed E-state index contributed by atoms with van der Waals surface area (Å²) in [4.78, 5) is 0. The second-order valence-electron chi connectivity index (χ2n) is 7.98. The molecule has 2 nitrogen and oxygen atoms in total. The van der Waals surface area contributed by atoms with Crippen LogP contribution in [0, 0.1) is 5.92 Å². The molecule has 3 heteroatoms. The highest BCUT2D eigenvalue weighted by Crippen LogP contribution is 2.42. The normalized spacial score (nSPS) is 24.9. The van der Waals surface area contributed by atoms with Crippen LogP contribution >= 0.6 is 0 Å². The Morgan fingerprint density at radius 2 is 1.52 bits per heavy atom. The monoisotopic (exact) mass is 312 g/mol. The average Bonchev–Trinajstić information content (AvgIpc) is 2.75. The average molecular weight is 312 g/mol. The van der Waals surface area contributed by atoms with Crippen molar-refractivity contribution < 1.29 is 9.31 Å². The standard InChI is InChI=1S/C20H29BO2/c1-19(2)20(3,4)23-21(22-19)18(17-13-9-6-10-14-17)15-16-11-7-5-8-12-16/h5,7-8,11-12,15,17H,6,9-10,13-14H2,1-4H3/b18-15+. The van der Waals surface area contributed by atoms with E-state index in [4.69, 9.17) is 9.31 Å². The Hall–Kier alpha value is -1.06. The van der Waals surface area contributed by atoms with Gasteiger partial charge in [0.2, 0.25) is 0 Å². The second kappa shape index (κ2) is 6.45. The molecule has 1 saturated heterocycles. The fourth-order valence-electron chi connectivity index (χ4n) is 3.54. The molecule has 23 heavy (non-hydrogen) atoms. The van der Waals surface area contributed by atoms with Gasteiger partial charge in [-0.2, -0.15) is 0 Å². The van der Waals surface area contributed by atoms with Gasteiger partial charge in [0.05, 0.1) is 11.2 Å². The van der Waals surface area contributed by atoms with Crippen LogP contribution in [0.25, 0.3) is 6.08 Å². The second-order valence-corrected chi connectivity index (χ2v) is 7.98. The molecule has 1 aliphatic heterocycles. The zero-order valence-corrected chi connectivity index (χ0v) is 15.0. The lowest BCUT2D eigenvalue weighted by atomic mass is 9.66. The van der Waals surface area contributed by atoms with Crippen LogP contribution in [0.4, 0.5) is 0 Å². The van der Waals surface area contributed by atoms with Gasteiger partial charge in [-0.15, -0.1) is 0 Å². The number of benzene rings is 1. The number of hydrogen-bond donors (Lipinski definition) is 0. The Bertz CT molecular complexity index is 540. The SMILES string of the molecule is CC1(C)OB(/C(=C/c2ccccc2)C2CCCCC2)OC1(C)C. The van der Waals surface area contributed by atoms with Gasteiger partial charge in [-0.25, -0.2) is 0 Å². The molecule has 0 bridgehead atoms. The molecule has 0 N–H and O–H groups in total. The largest absolute Gasteiger partial charge is 0.490 e. The summed E-state index contributed by atoms with van der Waals surface area (Å²) >= 11 is 0. The van der Waals surface area contributed by atoms with Gasteiger partial charge < -0.3 is 9.31 Å². The zero-order chi connectivity index (χ0) is 16.5. The first-order chi connectivity index (χ1) is 10.9. The van der Waals surface area contributed by atoms with E-state index in [0.717, 1.165) is 0 Å². The van der Waals surface area contributed by atoms with Gasteiger partial charge in [0, 0.05) is 0 Å². The van der Waals surface area contributed by atoms with Gasteiger partial charge in [-0.05, 0) is 57.5 Å². The molecule has 1 aliphatic carbocycles. The van der Waals surface area contributed by atoms with Gasteiger partial charge in [0.25, 0.3) is 0 Å². The maximum atomic E-state index is 6.36. The van der Waals surface area contributed by atoms with E-state index in [0.29, 0.717) is 5.92 Å². The Kier molecular flexibility index (Phi) is 4.71. The fourth-order valence-corrected chi connectivity index (χ4v) is 3.54. The predicted octanol–water partition coefficient (Wildman–Crippen LogP) is 5.28. The van der Waals surface area contributed by atoms with Crippen molar-refractivity contribution in [3.8, 4) is 0 Å². The van der Waals surface area contributed by atoms with E-state index >= 15 is 0 Å². The first kappa shape index (κ1) is 16.8. The Morgan fingerprint density at radius 1 is 0.957 bits per heavy atom. The molecule has 2 fully saturated rings. The van der Waals surface area contributed by atoms with Gasteiger partial charge >= 0.3 is 7.12 Å². The van der Waals surface area contributed by atoms with Crippen LogP contribution in [0.5, 0.6) is 0 Å². The predicted molar refractivity (Wildman–Crippen MR) is 97.1 cm³/mol. The number of rotatable bonds is 3. The van der Waals surface area contributed by atoms with Crippen LogP contribution in [-0.4, -0.2) is 18.3 Å². The van der Waals surface area contributed by atoms with E-state index in [9.17, 15) is 0 Å². The quantitative estimate of drug-likeness (QED) is 0.707. The molecule has 0 atom stereocenters. The molecule has 124 valence electrons. The summed E-state index contributed by atoms with van der Waals surface area (Å²) < 4.78 is 12.7. The molecular weight excluding hydrogens is 283 g/mol. The molecule has 0 unspecified atom stereocenters. The molecule has 2 aliphatic rings. The molecule has 0 aromatic heterocycles. The van der Waals surface area contributed by atoms with Crippen molar-refractivity contribution in [2.45, 2.75) is 71.0 Å². The van der Waals surface area contributed by atoms with Crippen LogP contribution in [-0.2, 0) is 9.31 Å². The molecule has 1 heterocycles. The van der Waals surface area contributed by atoms with Crippen molar-refractivity contribution in [3.63, 3.8) is 0 Å². The number of hydrogen-bond acceptors (Lipinski definition) is 2. The van der Waals surface area contributed by atoms with Gasteiger partial charge in [-0.3, -0.25) is 0 Å². The minimum Gasteiger partial charge on any atom is -0.400 e. The van der Waals surface area contributed by atoms with Gasteiger partial charge in [-0.1, -0.05) is 55.7 Å².